The molecule has 0 aliphatic carbocycles. The summed E-state index contributed by atoms with van der Waals surface area (Å²) in [7, 11) is 0. The van der Waals surface area contributed by atoms with E-state index < -0.39 is 11.8 Å². The predicted octanol–water partition coefficient (Wildman–Crippen LogP) is 3.46. The maximum atomic E-state index is 14.1. The van der Waals surface area contributed by atoms with Crippen molar-refractivity contribution in [3.63, 3.8) is 0 Å². The summed E-state index contributed by atoms with van der Waals surface area (Å²) in [6.45, 7) is 5.58. The lowest BCUT2D eigenvalue weighted by molar-refractivity contribution is -0.255. The van der Waals surface area contributed by atoms with Gasteiger partial charge in [-0.3, -0.25) is 9.58 Å². The summed E-state index contributed by atoms with van der Waals surface area (Å²) in [6, 6.07) is 9.60. The standard InChI is InChI=1S/C29H30ClFN8O3/c1-2-37-18-32-14-22(37)15-38-26(33-24-5-6-25(29(40)41)34-28(24)38)16-36-10-7-21(8-11-36)39-12-9-27(35-39)42-17-19-3-4-20(30)13-23(19)31/h3-6,9,12-14,18,21H,2,7-8,10-11,15-17H2,1H3,(H,40,41)/p-1. The average Bonchev–Trinajstić information content (AvgIpc) is 3.72. The smallest absolute Gasteiger partial charge is 0.233 e. The first-order valence-corrected chi connectivity index (χ1v) is 14.2. The minimum atomic E-state index is -1.32. The van der Waals surface area contributed by atoms with E-state index in [1.165, 1.54) is 12.1 Å². The van der Waals surface area contributed by atoms with Gasteiger partial charge in [0.05, 0.1) is 42.8 Å². The number of carboxylic acid groups (broad SMARTS) is 1. The van der Waals surface area contributed by atoms with Gasteiger partial charge in [-0.1, -0.05) is 17.7 Å². The van der Waals surface area contributed by atoms with Crippen LogP contribution in [0.25, 0.3) is 11.2 Å². The van der Waals surface area contributed by atoms with E-state index in [9.17, 15) is 14.3 Å². The lowest BCUT2D eigenvalue weighted by Crippen LogP contribution is -2.35. The van der Waals surface area contributed by atoms with Crippen LogP contribution in [-0.2, 0) is 26.2 Å². The van der Waals surface area contributed by atoms with Gasteiger partial charge in [0.2, 0.25) is 5.88 Å². The van der Waals surface area contributed by atoms with Crippen LogP contribution in [-0.4, -0.2) is 57.8 Å². The van der Waals surface area contributed by atoms with Gasteiger partial charge in [0.15, 0.2) is 5.65 Å². The number of carboxylic acids is 1. The van der Waals surface area contributed by atoms with E-state index in [0.717, 1.165) is 44.0 Å². The predicted molar refractivity (Wildman–Crippen MR) is 150 cm³/mol. The Bertz CT molecular complexity index is 1720. The second-order valence-corrected chi connectivity index (χ2v) is 10.7. The first-order chi connectivity index (χ1) is 20.4. The zero-order valence-electron chi connectivity index (χ0n) is 23.0. The van der Waals surface area contributed by atoms with E-state index in [1.54, 1.807) is 36.8 Å². The van der Waals surface area contributed by atoms with E-state index in [2.05, 4.69) is 20.0 Å². The summed E-state index contributed by atoms with van der Waals surface area (Å²) in [4.78, 5) is 27.3. The number of carbonyl (C=O) groups is 1. The van der Waals surface area contributed by atoms with Gasteiger partial charge in [-0.15, -0.1) is 5.10 Å². The number of rotatable bonds is 10. The summed E-state index contributed by atoms with van der Waals surface area (Å²) in [5.41, 5.74) is 2.41. The quantitative estimate of drug-likeness (QED) is 0.242. The SMILES string of the molecule is CCn1cncc1Cn1c(CN2CCC(n3ccc(OCc4ccc(Cl)cc4F)n3)CC2)nc2ccc(C(=O)[O-])nc21. The van der Waals surface area contributed by atoms with Crippen molar-refractivity contribution in [1.82, 2.24) is 38.8 Å². The van der Waals surface area contributed by atoms with Crippen LogP contribution >= 0.6 is 11.6 Å². The van der Waals surface area contributed by atoms with Crippen molar-refractivity contribution in [3.05, 3.63) is 88.7 Å². The number of carbonyl (C=O) groups excluding carboxylic acids is 1. The number of likely N-dealkylation sites (tertiary alicyclic amines) is 1. The fourth-order valence-electron chi connectivity index (χ4n) is 5.31. The van der Waals surface area contributed by atoms with Crippen molar-refractivity contribution in [3.8, 4) is 5.88 Å². The Morgan fingerprint density at radius 1 is 1.14 bits per heavy atom. The Morgan fingerprint density at radius 2 is 1.98 bits per heavy atom. The van der Waals surface area contributed by atoms with Crippen LogP contribution < -0.4 is 9.84 Å². The molecule has 4 aromatic heterocycles. The molecule has 0 bridgehead atoms. The zero-order chi connectivity index (χ0) is 29.2. The lowest BCUT2D eigenvalue weighted by Gasteiger charge is -2.31. The average molecular weight is 592 g/mol. The van der Waals surface area contributed by atoms with Crippen LogP contribution in [0.2, 0.25) is 5.02 Å². The number of fused-ring (bicyclic) bond motifs is 1. The van der Waals surface area contributed by atoms with Crippen molar-refractivity contribution < 1.29 is 19.0 Å². The van der Waals surface area contributed by atoms with Crippen LogP contribution in [0.3, 0.4) is 0 Å². The van der Waals surface area contributed by atoms with Crippen molar-refractivity contribution in [1.29, 1.82) is 0 Å². The molecule has 0 amide bonds. The van der Waals surface area contributed by atoms with Crippen LogP contribution in [0.5, 0.6) is 5.88 Å². The van der Waals surface area contributed by atoms with Gasteiger partial charge in [-0.05, 0) is 44.0 Å². The van der Waals surface area contributed by atoms with Crippen LogP contribution in [0, 0.1) is 5.82 Å². The topological polar surface area (TPSA) is 119 Å². The Balaban J connectivity index is 1.13. The number of nitrogens with zero attached hydrogens (tertiary/aromatic N) is 8. The van der Waals surface area contributed by atoms with Gasteiger partial charge < -0.3 is 23.8 Å². The van der Waals surface area contributed by atoms with Crippen molar-refractivity contribution in [2.75, 3.05) is 13.1 Å². The minimum absolute atomic E-state index is 0.0673. The molecule has 1 aliphatic rings. The summed E-state index contributed by atoms with van der Waals surface area (Å²) in [5.74, 6) is -0.486. The Kier molecular flexibility index (Phi) is 7.90. The van der Waals surface area contributed by atoms with Crippen LogP contribution in [0.1, 0.15) is 53.4 Å². The number of ether oxygens (including phenoxy) is 1. The Hall–Kier alpha value is -4.29. The Labute approximate surface area is 246 Å². The number of benzene rings is 1. The van der Waals surface area contributed by atoms with Gasteiger partial charge in [0, 0.05) is 48.7 Å². The third-order valence-corrected chi connectivity index (χ3v) is 7.85. The second kappa shape index (κ2) is 11.9. The number of aromatic carboxylic acids is 1. The molecule has 42 heavy (non-hydrogen) atoms. The number of aryl methyl sites for hydroxylation is 1. The molecular formula is C29H29ClFN8O3-. The lowest BCUT2D eigenvalue weighted by atomic mass is 10.1. The molecular weight excluding hydrogens is 563 g/mol. The van der Waals surface area contributed by atoms with E-state index >= 15 is 0 Å². The minimum Gasteiger partial charge on any atom is -0.543 e. The number of aromatic nitrogens is 7. The number of halogens is 2. The van der Waals surface area contributed by atoms with Gasteiger partial charge >= 0.3 is 0 Å². The van der Waals surface area contributed by atoms with Gasteiger partial charge in [0.1, 0.15) is 23.8 Å². The highest BCUT2D eigenvalue weighted by Gasteiger charge is 2.24. The van der Waals surface area contributed by atoms with Gasteiger partial charge in [-0.2, -0.15) is 0 Å². The molecule has 0 atom stereocenters. The molecule has 1 aromatic carbocycles. The van der Waals surface area contributed by atoms with Crippen molar-refractivity contribution in [2.45, 2.75) is 52.0 Å². The van der Waals surface area contributed by atoms with E-state index in [1.807, 2.05) is 26.9 Å². The molecule has 5 heterocycles. The molecule has 6 rings (SSSR count). The maximum Gasteiger partial charge on any atom is 0.233 e. The molecule has 0 spiro atoms. The molecule has 0 unspecified atom stereocenters. The molecule has 0 N–H and O–H groups in total. The fraction of sp³-hybridized carbons (Fsp3) is 0.345. The van der Waals surface area contributed by atoms with Crippen molar-refractivity contribution in [2.24, 2.45) is 0 Å². The van der Waals surface area contributed by atoms with Gasteiger partial charge in [0.25, 0.3) is 0 Å². The summed E-state index contributed by atoms with van der Waals surface area (Å²) in [6.07, 6.45) is 7.23. The normalized spacial score (nSPS) is 14.5. The summed E-state index contributed by atoms with van der Waals surface area (Å²) >= 11 is 5.83. The third-order valence-electron chi connectivity index (χ3n) is 7.61. The highest BCUT2D eigenvalue weighted by atomic mass is 35.5. The molecule has 1 fully saturated rings. The number of hydrogen-bond acceptors (Lipinski definition) is 8. The second-order valence-electron chi connectivity index (χ2n) is 10.3. The Morgan fingerprint density at radius 3 is 2.74 bits per heavy atom. The molecule has 11 nitrogen and oxygen atoms in total. The molecule has 0 saturated carbocycles. The van der Waals surface area contributed by atoms with Gasteiger partial charge in [-0.25, -0.2) is 19.3 Å². The number of pyridine rings is 1. The number of imidazole rings is 2. The van der Waals surface area contributed by atoms with E-state index in [4.69, 9.17) is 21.3 Å². The zero-order valence-corrected chi connectivity index (χ0v) is 23.7. The van der Waals surface area contributed by atoms with Crippen LogP contribution in [0.4, 0.5) is 4.39 Å². The molecule has 5 aromatic rings. The molecule has 1 saturated heterocycles. The molecule has 218 valence electrons. The first kappa shape index (κ1) is 27.9. The van der Waals surface area contributed by atoms with E-state index in [-0.39, 0.29) is 18.3 Å². The molecule has 13 heteroatoms. The maximum absolute atomic E-state index is 14.1. The third kappa shape index (κ3) is 5.86. The highest BCUT2D eigenvalue weighted by molar-refractivity contribution is 6.30. The van der Waals surface area contributed by atoms with Crippen molar-refractivity contribution >= 4 is 28.7 Å². The largest absolute Gasteiger partial charge is 0.543 e. The highest BCUT2D eigenvalue weighted by Crippen LogP contribution is 2.26. The van der Waals surface area contributed by atoms with E-state index in [0.29, 0.717) is 40.7 Å². The molecule has 0 radical (unpaired) electrons. The summed E-state index contributed by atoms with van der Waals surface area (Å²) < 4.78 is 25.7. The fourth-order valence-corrected chi connectivity index (χ4v) is 5.47. The summed E-state index contributed by atoms with van der Waals surface area (Å²) in [5, 5.41) is 16.4. The first-order valence-electron chi connectivity index (χ1n) is 13.8. The van der Waals surface area contributed by atoms with Crippen LogP contribution in [0.15, 0.2) is 55.1 Å². The molecule has 1 aliphatic heterocycles. The monoisotopic (exact) mass is 591 g/mol. The number of piperidine rings is 1. The number of hydrogen-bond donors (Lipinski definition) is 0.